The van der Waals surface area contributed by atoms with Gasteiger partial charge < -0.3 is 9.47 Å². The minimum Gasteiger partial charge on any atom is -0.486 e. The highest BCUT2D eigenvalue weighted by Gasteiger charge is 2.44. The number of piperidine rings is 1. The first-order valence-electron chi connectivity index (χ1n) is 8.64. The number of likely N-dealkylation sites (tertiary alicyclic amines) is 1. The van der Waals surface area contributed by atoms with E-state index in [0.717, 1.165) is 50.3 Å². The second-order valence-corrected chi connectivity index (χ2v) is 6.76. The van der Waals surface area contributed by atoms with Crippen LogP contribution in [0.4, 0.5) is 0 Å². The van der Waals surface area contributed by atoms with E-state index in [1.54, 1.807) is 12.4 Å². The van der Waals surface area contributed by atoms with Crippen molar-refractivity contribution in [3.05, 3.63) is 54.6 Å². The standard InChI is InChI=1S/C19H23N3O2/c1-2-9-21-16(5-1)13-22-10-4-7-19(15-22)11-18(14-23-19)24-17-6-3-8-20-12-17/h1-3,5-6,8-9,12,18H,4,7,10-11,13-15H2. The Labute approximate surface area is 142 Å². The Balaban J connectivity index is 1.37. The van der Waals surface area contributed by atoms with E-state index in [1.165, 1.54) is 0 Å². The largest absolute Gasteiger partial charge is 0.486 e. The van der Waals surface area contributed by atoms with Crippen LogP contribution in [-0.4, -0.2) is 46.3 Å². The summed E-state index contributed by atoms with van der Waals surface area (Å²) in [5.41, 5.74) is 1.05. The molecule has 126 valence electrons. The highest BCUT2D eigenvalue weighted by molar-refractivity contribution is 5.16. The molecule has 0 aliphatic carbocycles. The van der Waals surface area contributed by atoms with Gasteiger partial charge in [0.25, 0.3) is 0 Å². The first-order chi connectivity index (χ1) is 11.8. The normalized spacial score (nSPS) is 27.4. The van der Waals surface area contributed by atoms with Gasteiger partial charge in [0.05, 0.1) is 24.1 Å². The Hall–Kier alpha value is -1.98. The van der Waals surface area contributed by atoms with E-state index >= 15 is 0 Å². The summed E-state index contributed by atoms with van der Waals surface area (Å²) >= 11 is 0. The molecule has 2 unspecified atom stereocenters. The molecule has 5 nitrogen and oxygen atoms in total. The molecule has 2 aromatic heterocycles. The fraction of sp³-hybridized carbons (Fsp3) is 0.474. The maximum atomic E-state index is 6.23. The first kappa shape index (κ1) is 15.5. The fourth-order valence-corrected chi connectivity index (χ4v) is 3.82. The predicted molar refractivity (Wildman–Crippen MR) is 90.7 cm³/mol. The SMILES string of the molecule is c1ccc(CN2CCCC3(CC(Oc4cccnc4)CO3)C2)nc1. The van der Waals surface area contributed by atoms with E-state index in [0.29, 0.717) is 6.61 Å². The molecule has 2 aliphatic rings. The third-order valence-electron chi connectivity index (χ3n) is 4.84. The molecule has 0 radical (unpaired) electrons. The number of ether oxygens (including phenoxy) is 2. The van der Waals surface area contributed by atoms with Crippen LogP contribution in [0.15, 0.2) is 48.9 Å². The third kappa shape index (κ3) is 3.57. The van der Waals surface area contributed by atoms with E-state index in [9.17, 15) is 0 Å². The Morgan fingerprint density at radius 2 is 2.25 bits per heavy atom. The monoisotopic (exact) mass is 325 g/mol. The summed E-state index contributed by atoms with van der Waals surface area (Å²) in [6, 6.07) is 9.95. The number of aromatic nitrogens is 2. The van der Waals surface area contributed by atoms with Gasteiger partial charge in [-0.05, 0) is 43.7 Å². The predicted octanol–water partition coefficient (Wildman–Crippen LogP) is 2.68. The summed E-state index contributed by atoms with van der Waals surface area (Å²) in [5.74, 6) is 0.823. The molecule has 0 saturated carbocycles. The van der Waals surface area contributed by atoms with Gasteiger partial charge in [0, 0.05) is 31.9 Å². The van der Waals surface area contributed by atoms with Gasteiger partial charge >= 0.3 is 0 Å². The van der Waals surface area contributed by atoms with Crippen LogP contribution in [-0.2, 0) is 11.3 Å². The van der Waals surface area contributed by atoms with Crippen molar-refractivity contribution in [3.63, 3.8) is 0 Å². The summed E-state index contributed by atoms with van der Waals surface area (Å²) in [7, 11) is 0. The summed E-state index contributed by atoms with van der Waals surface area (Å²) in [4.78, 5) is 11.0. The number of hydrogen-bond donors (Lipinski definition) is 0. The number of pyridine rings is 2. The number of nitrogens with zero attached hydrogens (tertiary/aromatic N) is 3. The van der Waals surface area contributed by atoms with Crippen LogP contribution in [0.2, 0.25) is 0 Å². The van der Waals surface area contributed by atoms with Gasteiger partial charge in [-0.3, -0.25) is 14.9 Å². The molecule has 24 heavy (non-hydrogen) atoms. The van der Waals surface area contributed by atoms with Gasteiger partial charge in [-0.15, -0.1) is 0 Å². The minimum absolute atomic E-state index is 0.0695. The minimum atomic E-state index is -0.0695. The van der Waals surface area contributed by atoms with E-state index < -0.39 is 0 Å². The Morgan fingerprint density at radius 1 is 1.25 bits per heavy atom. The first-order valence-corrected chi connectivity index (χ1v) is 8.64. The zero-order chi connectivity index (χ0) is 16.2. The quantitative estimate of drug-likeness (QED) is 0.865. The molecule has 0 N–H and O–H groups in total. The van der Waals surface area contributed by atoms with Crippen molar-refractivity contribution in [2.24, 2.45) is 0 Å². The second kappa shape index (κ2) is 6.87. The Kier molecular flexibility index (Phi) is 4.45. The maximum absolute atomic E-state index is 6.23. The highest BCUT2D eigenvalue weighted by atomic mass is 16.6. The lowest BCUT2D eigenvalue weighted by molar-refractivity contribution is -0.0540. The van der Waals surface area contributed by atoms with Gasteiger partial charge in [-0.1, -0.05) is 6.07 Å². The summed E-state index contributed by atoms with van der Waals surface area (Å²) in [6.45, 7) is 3.61. The van der Waals surface area contributed by atoms with E-state index in [-0.39, 0.29) is 11.7 Å². The van der Waals surface area contributed by atoms with Gasteiger partial charge in [-0.2, -0.15) is 0 Å². The van der Waals surface area contributed by atoms with Crippen LogP contribution in [0.1, 0.15) is 25.0 Å². The van der Waals surface area contributed by atoms with Crippen molar-refractivity contribution in [1.82, 2.24) is 14.9 Å². The zero-order valence-electron chi connectivity index (χ0n) is 13.8. The van der Waals surface area contributed by atoms with Crippen LogP contribution in [0, 0.1) is 0 Å². The van der Waals surface area contributed by atoms with Crippen molar-refractivity contribution < 1.29 is 9.47 Å². The van der Waals surface area contributed by atoms with Gasteiger partial charge in [0.2, 0.25) is 0 Å². The molecular weight excluding hydrogens is 302 g/mol. The molecule has 0 aromatic carbocycles. The van der Waals surface area contributed by atoms with E-state index in [4.69, 9.17) is 9.47 Å². The molecule has 2 atom stereocenters. The van der Waals surface area contributed by atoms with Crippen LogP contribution in [0.25, 0.3) is 0 Å². The molecule has 2 aliphatic heterocycles. The third-order valence-corrected chi connectivity index (χ3v) is 4.84. The topological polar surface area (TPSA) is 47.5 Å². The van der Waals surface area contributed by atoms with E-state index in [2.05, 4.69) is 20.9 Å². The van der Waals surface area contributed by atoms with Crippen molar-refractivity contribution in [3.8, 4) is 5.75 Å². The van der Waals surface area contributed by atoms with Crippen molar-refractivity contribution in [2.45, 2.75) is 37.5 Å². The average molecular weight is 325 g/mol. The summed E-state index contributed by atoms with van der Waals surface area (Å²) in [5, 5.41) is 0. The van der Waals surface area contributed by atoms with Crippen molar-refractivity contribution in [2.75, 3.05) is 19.7 Å². The molecule has 2 saturated heterocycles. The molecule has 2 aromatic rings. The van der Waals surface area contributed by atoms with Gasteiger partial charge in [0.15, 0.2) is 0 Å². The van der Waals surface area contributed by atoms with E-state index in [1.807, 2.05) is 30.5 Å². The lowest BCUT2D eigenvalue weighted by Crippen LogP contribution is -2.47. The molecule has 0 amide bonds. The molecule has 0 bridgehead atoms. The smallest absolute Gasteiger partial charge is 0.138 e. The Morgan fingerprint density at radius 3 is 3.08 bits per heavy atom. The zero-order valence-corrected chi connectivity index (χ0v) is 13.8. The van der Waals surface area contributed by atoms with Crippen LogP contribution >= 0.6 is 0 Å². The van der Waals surface area contributed by atoms with Crippen LogP contribution in [0.5, 0.6) is 5.75 Å². The maximum Gasteiger partial charge on any atom is 0.138 e. The molecule has 2 fully saturated rings. The fourth-order valence-electron chi connectivity index (χ4n) is 3.82. The molecule has 4 rings (SSSR count). The second-order valence-electron chi connectivity index (χ2n) is 6.76. The summed E-state index contributed by atoms with van der Waals surface area (Å²) < 4.78 is 12.3. The summed E-state index contributed by atoms with van der Waals surface area (Å²) in [6.07, 6.45) is 8.71. The molecule has 1 spiro atoms. The van der Waals surface area contributed by atoms with Crippen molar-refractivity contribution >= 4 is 0 Å². The van der Waals surface area contributed by atoms with Crippen LogP contribution in [0.3, 0.4) is 0 Å². The molecule has 5 heteroatoms. The number of hydrogen-bond acceptors (Lipinski definition) is 5. The van der Waals surface area contributed by atoms with Gasteiger partial charge in [0.1, 0.15) is 11.9 Å². The Bertz CT molecular complexity index is 652. The highest BCUT2D eigenvalue weighted by Crippen LogP contribution is 2.36. The lowest BCUT2D eigenvalue weighted by atomic mass is 9.89. The molecular formula is C19H23N3O2. The van der Waals surface area contributed by atoms with Gasteiger partial charge in [-0.25, -0.2) is 0 Å². The molecule has 4 heterocycles. The average Bonchev–Trinajstić information content (AvgIpc) is 2.98. The lowest BCUT2D eigenvalue weighted by Gasteiger charge is -2.39. The van der Waals surface area contributed by atoms with Crippen molar-refractivity contribution in [1.29, 1.82) is 0 Å². The number of rotatable bonds is 4. The van der Waals surface area contributed by atoms with Crippen LogP contribution < -0.4 is 4.74 Å².